The number of rotatable bonds is 4. The van der Waals surface area contributed by atoms with Crippen LogP contribution in [0.2, 0.25) is 0 Å². The zero-order chi connectivity index (χ0) is 12.3. The number of nitrogens with two attached hydrogens (primary N) is 1. The summed E-state index contributed by atoms with van der Waals surface area (Å²) in [5, 5.41) is 0. The van der Waals surface area contributed by atoms with E-state index in [-0.39, 0.29) is 6.54 Å². The van der Waals surface area contributed by atoms with Gasteiger partial charge in [-0.1, -0.05) is 19.4 Å². The second-order valence-electron chi connectivity index (χ2n) is 4.28. The minimum Gasteiger partial charge on any atom is -0.486 e. The molecule has 1 heterocycles. The van der Waals surface area contributed by atoms with Gasteiger partial charge in [-0.15, -0.1) is 0 Å². The Morgan fingerprint density at radius 2 is 2.00 bits per heavy atom. The predicted octanol–water partition coefficient (Wildman–Crippen LogP) is 2.38. The standard InChI is InChI=1S/C13H18FNO2/c1-2-5-13(14,9-15)10-3-4-11-12(8-10)17-7-6-16-11/h3-4,8H,2,5-7,9,15H2,1H3. The minimum atomic E-state index is -1.47. The van der Waals surface area contributed by atoms with Crippen molar-refractivity contribution < 1.29 is 13.9 Å². The van der Waals surface area contributed by atoms with Crippen LogP contribution in [0.3, 0.4) is 0 Å². The van der Waals surface area contributed by atoms with E-state index in [2.05, 4.69) is 0 Å². The van der Waals surface area contributed by atoms with Crippen molar-refractivity contribution >= 4 is 0 Å². The average molecular weight is 239 g/mol. The van der Waals surface area contributed by atoms with Crippen molar-refractivity contribution in [3.05, 3.63) is 23.8 Å². The molecule has 0 aromatic heterocycles. The van der Waals surface area contributed by atoms with E-state index in [4.69, 9.17) is 15.2 Å². The Kier molecular flexibility index (Phi) is 3.52. The molecule has 0 bridgehead atoms. The van der Waals surface area contributed by atoms with Crippen molar-refractivity contribution in [2.45, 2.75) is 25.4 Å². The summed E-state index contributed by atoms with van der Waals surface area (Å²) in [6, 6.07) is 5.19. The van der Waals surface area contributed by atoms with Crippen molar-refractivity contribution in [1.29, 1.82) is 0 Å². The van der Waals surface area contributed by atoms with Gasteiger partial charge in [-0.3, -0.25) is 0 Å². The van der Waals surface area contributed by atoms with Crippen LogP contribution < -0.4 is 15.2 Å². The molecular formula is C13H18FNO2. The van der Waals surface area contributed by atoms with E-state index in [0.29, 0.717) is 36.7 Å². The SMILES string of the molecule is CCCC(F)(CN)c1ccc2c(c1)OCCO2. The van der Waals surface area contributed by atoms with E-state index in [1.165, 1.54) is 0 Å². The molecule has 0 radical (unpaired) electrons. The van der Waals surface area contributed by atoms with Gasteiger partial charge in [-0.05, 0) is 24.1 Å². The fourth-order valence-electron chi connectivity index (χ4n) is 2.08. The second kappa shape index (κ2) is 4.92. The molecule has 1 atom stereocenters. The van der Waals surface area contributed by atoms with Gasteiger partial charge in [0.2, 0.25) is 0 Å². The fourth-order valence-corrected chi connectivity index (χ4v) is 2.08. The minimum absolute atomic E-state index is 0.0134. The highest BCUT2D eigenvalue weighted by molar-refractivity contribution is 5.45. The third-order valence-corrected chi connectivity index (χ3v) is 3.03. The number of halogens is 1. The van der Waals surface area contributed by atoms with E-state index in [1.54, 1.807) is 18.2 Å². The average Bonchev–Trinajstić information content (AvgIpc) is 2.38. The number of alkyl halides is 1. The van der Waals surface area contributed by atoms with Crippen LogP contribution in [0.15, 0.2) is 18.2 Å². The van der Waals surface area contributed by atoms with Crippen LogP contribution >= 0.6 is 0 Å². The lowest BCUT2D eigenvalue weighted by atomic mass is 9.91. The van der Waals surface area contributed by atoms with Gasteiger partial charge in [-0.25, -0.2) is 4.39 Å². The summed E-state index contributed by atoms with van der Waals surface area (Å²) in [4.78, 5) is 0. The summed E-state index contributed by atoms with van der Waals surface area (Å²) < 4.78 is 25.5. The molecule has 0 saturated carbocycles. The monoisotopic (exact) mass is 239 g/mol. The van der Waals surface area contributed by atoms with Crippen LogP contribution in [0.25, 0.3) is 0 Å². The summed E-state index contributed by atoms with van der Waals surface area (Å²) in [7, 11) is 0. The van der Waals surface area contributed by atoms with Crippen molar-refractivity contribution in [3.63, 3.8) is 0 Å². The zero-order valence-corrected chi connectivity index (χ0v) is 10.0. The van der Waals surface area contributed by atoms with E-state index in [9.17, 15) is 4.39 Å². The molecule has 0 aliphatic carbocycles. The third kappa shape index (κ3) is 2.36. The van der Waals surface area contributed by atoms with Crippen molar-refractivity contribution in [1.82, 2.24) is 0 Å². The van der Waals surface area contributed by atoms with Gasteiger partial charge in [-0.2, -0.15) is 0 Å². The number of benzene rings is 1. The first-order valence-corrected chi connectivity index (χ1v) is 5.99. The first-order valence-electron chi connectivity index (χ1n) is 5.99. The van der Waals surface area contributed by atoms with Crippen molar-refractivity contribution in [2.24, 2.45) is 5.73 Å². The highest BCUT2D eigenvalue weighted by atomic mass is 19.1. The third-order valence-electron chi connectivity index (χ3n) is 3.03. The topological polar surface area (TPSA) is 44.5 Å². The molecule has 1 aromatic carbocycles. The zero-order valence-electron chi connectivity index (χ0n) is 10.0. The van der Waals surface area contributed by atoms with Crippen molar-refractivity contribution in [3.8, 4) is 11.5 Å². The molecule has 0 spiro atoms. The summed E-state index contributed by atoms with van der Waals surface area (Å²) in [5.41, 5.74) is 4.66. The molecule has 1 unspecified atom stereocenters. The Morgan fingerprint density at radius 1 is 1.29 bits per heavy atom. The maximum atomic E-state index is 14.6. The summed E-state index contributed by atoms with van der Waals surface area (Å²) in [6.07, 6.45) is 1.17. The largest absolute Gasteiger partial charge is 0.486 e. The van der Waals surface area contributed by atoms with Crippen LogP contribution in [0.5, 0.6) is 11.5 Å². The first-order chi connectivity index (χ1) is 8.19. The van der Waals surface area contributed by atoms with E-state index >= 15 is 0 Å². The Balaban J connectivity index is 2.32. The molecule has 3 nitrogen and oxygen atoms in total. The fraction of sp³-hybridized carbons (Fsp3) is 0.538. The molecule has 94 valence electrons. The normalized spacial score (nSPS) is 17.6. The highest BCUT2D eigenvalue weighted by Crippen LogP contribution is 2.37. The Hall–Kier alpha value is -1.29. The lowest BCUT2D eigenvalue weighted by Crippen LogP contribution is -2.30. The number of ether oxygens (including phenoxy) is 2. The van der Waals surface area contributed by atoms with Gasteiger partial charge in [0.15, 0.2) is 11.5 Å². The molecule has 1 aliphatic heterocycles. The molecule has 1 aromatic rings. The molecule has 0 amide bonds. The maximum absolute atomic E-state index is 14.6. The number of fused-ring (bicyclic) bond motifs is 1. The molecule has 2 N–H and O–H groups in total. The smallest absolute Gasteiger partial charge is 0.161 e. The summed E-state index contributed by atoms with van der Waals surface area (Å²) in [6.45, 7) is 2.98. The van der Waals surface area contributed by atoms with Crippen LogP contribution in [0.1, 0.15) is 25.3 Å². The van der Waals surface area contributed by atoms with E-state index in [1.807, 2.05) is 6.92 Å². The summed E-state index contributed by atoms with van der Waals surface area (Å²) >= 11 is 0. The molecule has 0 fully saturated rings. The number of hydrogen-bond donors (Lipinski definition) is 1. The summed E-state index contributed by atoms with van der Waals surface area (Å²) in [5.74, 6) is 1.29. The lowest BCUT2D eigenvalue weighted by Gasteiger charge is -2.26. The van der Waals surface area contributed by atoms with E-state index in [0.717, 1.165) is 6.42 Å². The van der Waals surface area contributed by atoms with E-state index < -0.39 is 5.67 Å². The molecule has 1 aliphatic rings. The number of hydrogen-bond acceptors (Lipinski definition) is 3. The van der Waals surface area contributed by atoms with Gasteiger partial charge in [0, 0.05) is 6.54 Å². The van der Waals surface area contributed by atoms with Crippen molar-refractivity contribution in [2.75, 3.05) is 19.8 Å². The Bertz CT molecular complexity index is 397. The van der Waals surface area contributed by atoms with Crippen LogP contribution in [-0.2, 0) is 5.67 Å². The highest BCUT2D eigenvalue weighted by Gasteiger charge is 2.30. The van der Waals surface area contributed by atoms with Crippen LogP contribution in [0.4, 0.5) is 4.39 Å². The Morgan fingerprint density at radius 3 is 2.65 bits per heavy atom. The van der Waals surface area contributed by atoms with Gasteiger partial charge >= 0.3 is 0 Å². The van der Waals surface area contributed by atoms with Gasteiger partial charge in [0.25, 0.3) is 0 Å². The van der Waals surface area contributed by atoms with Crippen LogP contribution in [-0.4, -0.2) is 19.8 Å². The second-order valence-corrected chi connectivity index (χ2v) is 4.28. The molecule has 4 heteroatoms. The van der Waals surface area contributed by atoms with Gasteiger partial charge in [0.1, 0.15) is 18.9 Å². The predicted molar refractivity (Wildman–Crippen MR) is 64.2 cm³/mol. The van der Waals surface area contributed by atoms with Gasteiger partial charge in [0.05, 0.1) is 0 Å². The molecule has 2 rings (SSSR count). The molecule has 0 saturated heterocycles. The van der Waals surface area contributed by atoms with Crippen LogP contribution in [0, 0.1) is 0 Å². The lowest BCUT2D eigenvalue weighted by molar-refractivity contribution is 0.153. The maximum Gasteiger partial charge on any atom is 0.161 e. The Labute approximate surface area is 101 Å². The quantitative estimate of drug-likeness (QED) is 0.877. The molecule has 17 heavy (non-hydrogen) atoms. The van der Waals surface area contributed by atoms with Gasteiger partial charge < -0.3 is 15.2 Å². The first kappa shape index (κ1) is 12.2. The molecular weight excluding hydrogens is 221 g/mol.